The lowest BCUT2D eigenvalue weighted by molar-refractivity contribution is 0.602. The maximum absolute atomic E-state index is 12.1. The molecule has 41 valence electrons. The quantitative estimate of drug-likeness (QED) is 0.592. The second-order valence-electron chi connectivity index (χ2n) is 1.09. The van der Waals surface area contributed by atoms with Crippen molar-refractivity contribution in [3.63, 3.8) is 0 Å². The Balaban J connectivity index is 3.13. The highest BCUT2D eigenvalue weighted by molar-refractivity contribution is 9.10. The largest absolute Gasteiger partial charge is 0.203 e. The number of aromatic nitrogens is 2. The molecule has 1 aromatic heterocycles. The van der Waals surface area contributed by atoms with Crippen LogP contribution in [0, 0.1) is 11.9 Å². The number of hydrogen-bond acceptors (Lipinski definition) is 2. The molecule has 0 aromatic carbocycles. The second kappa shape index (κ2) is 2.17. The van der Waals surface area contributed by atoms with Gasteiger partial charge in [-0.25, -0.2) is 4.39 Å². The maximum Gasteiger partial charge on any atom is 0.167 e. The summed E-state index contributed by atoms with van der Waals surface area (Å²) in [4.78, 5) is 0. The van der Waals surface area contributed by atoms with Crippen LogP contribution >= 0.6 is 15.9 Å². The van der Waals surface area contributed by atoms with E-state index in [1.807, 2.05) is 0 Å². The lowest BCUT2D eigenvalue weighted by Gasteiger charge is -1.84. The van der Waals surface area contributed by atoms with E-state index < -0.39 is 5.82 Å². The summed E-state index contributed by atoms with van der Waals surface area (Å²) in [5.74, 6) is -0.514. The third kappa shape index (κ3) is 1.01. The van der Waals surface area contributed by atoms with Crippen LogP contribution in [-0.2, 0) is 0 Å². The molecule has 1 aromatic rings. The summed E-state index contributed by atoms with van der Waals surface area (Å²) in [5, 5.41) is 6.69. The Labute approximate surface area is 53.9 Å². The third-order valence-corrected chi connectivity index (χ3v) is 1.08. The summed E-state index contributed by atoms with van der Waals surface area (Å²) >= 11 is 2.82. The van der Waals surface area contributed by atoms with Gasteiger partial charge < -0.3 is 0 Å². The van der Waals surface area contributed by atoms with Gasteiger partial charge in [0.2, 0.25) is 0 Å². The van der Waals surface area contributed by atoms with Gasteiger partial charge in [-0.15, -0.1) is 5.10 Å². The minimum Gasteiger partial charge on any atom is -0.203 e. The van der Waals surface area contributed by atoms with Crippen LogP contribution in [0.1, 0.15) is 0 Å². The molecule has 0 bridgehead atoms. The minimum absolute atomic E-state index is 0.0972. The van der Waals surface area contributed by atoms with Crippen LogP contribution in [0.4, 0.5) is 4.39 Å². The average Bonchev–Trinajstić information content (AvgIpc) is 1.77. The zero-order chi connectivity index (χ0) is 5.98. The van der Waals surface area contributed by atoms with Crippen LogP contribution < -0.4 is 0 Å². The highest BCUT2D eigenvalue weighted by atomic mass is 79.9. The molecule has 0 atom stereocenters. The molecule has 0 saturated carbocycles. The van der Waals surface area contributed by atoms with E-state index in [2.05, 4.69) is 32.2 Å². The van der Waals surface area contributed by atoms with E-state index in [1.165, 1.54) is 6.20 Å². The van der Waals surface area contributed by atoms with Crippen LogP contribution in [-0.4, -0.2) is 10.2 Å². The van der Waals surface area contributed by atoms with Crippen LogP contribution in [0.15, 0.2) is 10.8 Å². The lowest BCUT2D eigenvalue weighted by atomic mass is 10.6. The highest BCUT2D eigenvalue weighted by Crippen LogP contribution is 2.06. The van der Waals surface area contributed by atoms with Gasteiger partial charge >= 0.3 is 0 Å². The van der Waals surface area contributed by atoms with Crippen molar-refractivity contribution in [3.8, 4) is 0 Å². The van der Waals surface area contributed by atoms with Crippen LogP contribution in [0.5, 0.6) is 0 Å². The summed E-state index contributed by atoms with van der Waals surface area (Å²) in [6.45, 7) is 0. The topological polar surface area (TPSA) is 25.8 Å². The van der Waals surface area contributed by atoms with Gasteiger partial charge in [0.05, 0.1) is 6.20 Å². The van der Waals surface area contributed by atoms with Crippen molar-refractivity contribution in [2.75, 3.05) is 0 Å². The van der Waals surface area contributed by atoms with Gasteiger partial charge in [0, 0.05) is 6.07 Å². The van der Waals surface area contributed by atoms with Crippen molar-refractivity contribution in [1.82, 2.24) is 10.2 Å². The summed E-state index contributed by atoms with van der Waals surface area (Å²) in [5.41, 5.74) is 0. The monoisotopic (exact) mass is 175 g/mol. The number of halogens is 2. The molecule has 0 aliphatic carbocycles. The predicted octanol–water partition coefficient (Wildman–Crippen LogP) is 1.18. The predicted molar refractivity (Wildman–Crippen MR) is 28.5 cm³/mol. The van der Waals surface area contributed by atoms with Gasteiger partial charge in [0.25, 0.3) is 0 Å². The van der Waals surface area contributed by atoms with Crippen molar-refractivity contribution >= 4 is 15.9 Å². The molecule has 0 amide bonds. The van der Waals surface area contributed by atoms with Crippen molar-refractivity contribution in [2.24, 2.45) is 0 Å². The first kappa shape index (κ1) is 5.62. The Kier molecular flexibility index (Phi) is 1.53. The van der Waals surface area contributed by atoms with E-state index in [0.29, 0.717) is 0 Å². The fourth-order valence-corrected chi connectivity index (χ4v) is 0.475. The molecule has 0 unspecified atom stereocenters. The molecule has 1 radical (unpaired) electrons. The van der Waals surface area contributed by atoms with Crippen LogP contribution in [0.2, 0.25) is 0 Å². The van der Waals surface area contributed by atoms with Crippen molar-refractivity contribution < 1.29 is 4.39 Å². The van der Waals surface area contributed by atoms with E-state index in [0.717, 1.165) is 0 Å². The molecule has 0 fully saturated rings. The van der Waals surface area contributed by atoms with Crippen LogP contribution in [0.3, 0.4) is 0 Å². The number of hydrogen-bond donors (Lipinski definition) is 0. The second-order valence-corrected chi connectivity index (χ2v) is 1.84. The van der Waals surface area contributed by atoms with Gasteiger partial charge in [-0.05, 0) is 15.9 Å². The van der Waals surface area contributed by atoms with Crippen molar-refractivity contribution in [1.29, 1.82) is 0 Å². The molecule has 2 nitrogen and oxygen atoms in total. The SMILES string of the molecule is Fc1[c]cnnc1Br. The molecular weight excluding hydrogens is 175 g/mol. The van der Waals surface area contributed by atoms with E-state index in [-0.39, 0.29) is 4.60 Å². The summed E-state index contributed by atoms with van der Waals surface area (Å²) in [6.07, 6.45) is 1.17. The molecule has 0 spiro atoms. The first-order valence-electron chi connectivity index (χ1n) is 1.85. The molecule has 4 heteroatoms. The smallest absolute Gasteiger partial charge is 0.167 e. The Morgan fingerprint density at radius 1 is 1.75 bits per heavy atom. The van der Waals surface area contributed by atoms with Crippen LogP contribution in [0.25, 0.3) is 0 Å². The summed E-state index contributed by atoms with van der Waals surface area (Å²) < 4.78 is 12.2. The van der Waals surface area contributed by atoms with E-state index >= 15 is 0 Å². The minimum atomic E-state index is -0.514. The van der Waals surface area contributed by atoms with Crippen molar-refractivity contribution in [3.05, 3.63) is 22.7 Å². The molecular formula is C4HBrFN2. The Hall–Kier alpha value is -0.510. The highest BCUT2D eigenvalue weighted by Gasteiger charge is 1.95. The maximum atomic E-state index is 12.1. The average molecular weight is 176 g/mol. The van der Waals surface area contributed by atoms with Crippen molar-refractivity contribution in [2.45, 2.75) is 0 Å². The molecule has 0 saturated heterocycles. The number of nitrogens with zero attached hydrogens (tertiary/aromatic N) is 2. The molecule has 0 N–H and O–H groups in total. The standard InChI is InChI=1S/C4HBrFN2/c5-4-3(6)1-2-7-8-4/h2H. The van der Waals surface area contributed by atoms with E-state index in [1.54, 1.807) is 0 Å². The third-order valence-electron chi connectivity index (χ3n) is 0.576. The molecule has 8 heavy (non-hydrogen) atoms. The lowest BCUT2D eigenvalue weighted by Crippen LogP contribution is -1.84. The Morgan fingerprint density at radius 3 is 2.88 bits per heavy atom. The van der Waals surface area contributed by atoms with Gasteiger partial charge in [0.1, 0.15) is 0 Å². The molecule has 1 rings (SSSR count). The van der Waals surface area contributed by atoms with Gasteiger partial charge in [-0.3, -0.25) is 0 Å². The van der Waals surface area contributed by atoms with Gasteiger partial charge in [-0.1, -0.05) is 0 Å². The van der Waals surface area contributed by atoms with E-state index in [4.69, 9.17) is 0 Å². The fourth-order valence-electron chi connectivity index (χ4n) is 0.269. The zero-order valence-electron chi connectivity index (χ0n) is 3.73. The van der Waals surface area contributed by atoms with Gasteiger partial charge in [0.15, 0.2) is 10.4 Å². The normalized spacial score (nSPS) is 9.25. The Bertz CT molecular complexity index is 170. The van der Waals surface area contributed by atoms with Gasteiger partial charge in [-0.2, -0.15) is 5.10 Å². The Morgan fingerprint density at radius 2 is 2.50 bits per heavy atom. The zero-order valence-corrected chi connectivity index (χ0v) is 5.31. The molecule has 1 heterocycles. The fraction of sp³-hybridized carbons (Fsp3) is 0. The first-order chi connectivity index (χ1) is 3.80. The number of rotatable bonds is 0. The molecule has 0 aliphatic rings. The first-order valence-corrected chi connectivity index (χ1v) is 2.64. The summed E-state index contributed by atoms with van der Waals surface area (Å²) in [7, 11) is 0. The molecule has 0 aliphatic heterocycles. The summed E-state index contributed by atoms with van der Waals surface area (Å²) in [6, 6.07) is 2.21. The van der Waals surface area contributed by atoms with E-state index in [9.17, 15) is 4.39 Å².